The largest absolute Gasteiger partial charge is 0.375 e. The van der Waals surface area contributed by atoms with Crippen molar-refractivity contribution in [2.45, 2.75) is 13.8 Å². The Labute approximate surface area is 162 Å². The van der Waals surface area contributed by atoms with Crippen molar-refractivity contribution in [2.24, 2.45) is 0 Å². The molecule has 0 atom stereocenters. The molecule has 8 nitrogen and oxygen atoms in total. The molecule has 9 heteroatoms. The predicted molar refractivity (Wildman–Crippen MR) is 106 cm³/mol. The van der Waals surface area contributed by atoms with Crippen molar-refractivity contribution in [1.82, 2.24) is 9.97 Å². The molecule has 0 radical (unpaired) electrons. The monoisotopic (exact) mass is 391 g/mol. The van der Waals surface area contributed by atoms with Crippen molar-refractivity contribution in [1.29, 1.82) is 0 Å². The van der Waals surface area contributed by atoms with Crippen LogP contribution in [0.1, 0.15) is 24.3 Å². The molecule has 0 aliphatic rings. The van der Waals surface area contributed by atoms with Gasteiger partial charge in [0.2, 0.25) is 11.9 Å². The van der Waals surface area contributed by atoms with Gasteiger partial charge in [0.25, 0.3) is 5.91 Å². The minimum absolute atomic E-state index is 0.0282. The third-order valence-corrected chi connectivity index (χ3v) is 3.97. The molecular formula is C18H22ClN5O3. The number of carbonyl (C=O) groups is 2. The summed E-state index contributed by atoms with van der Waals surface area (Å²) < 4.78 is 4.76. The van der Waals surface area contributed by atoms with Crippen LogP contribution in [-0.2, 0) is 9.53 Å². The minimum Gasteiger partial charge on any atom is -0.375 e. The first-order chi connectivity index (χ1) is 13.0. The first-order valence-electron chi connectivity index (χ1n) is 8.46. The first kappa shape index (κ1) is 20.6. The van der Waals surface area contributed by atoms with E-state index in [-0.39, 0.29) is 23.2 Å². The summed E-state index contributed by atoms with van der Waals surface area (Å²) in [5.74, 6) is -0.247. The first-order valence-corrected chi connectivity index (χ1v) is 8.84. The fourth-order valence-electron chi connectivity index (χ4n) is 2.33. The zero-order chi connectivity index (χ0) is 19.8. The lowest BCUT2D eigenvalue weighted by molar-refractivity contribution is -0.119. The van der Waals surface area contributed by atoms with E-state index in [0.717, 1.165) is 13.1 Å². The van der Waals surface area contributed by atoms with Crippen LogP contribution < -0.4 is 15.5 Å². The molecule has 0 spiro atoms. The van der Waals surface area contributed by atoms with Crippen molar-refractivity contribution in [2.75, 3.05) is 42.3 Å². The predicted octanol–water partition coefficient (Wildman–Crippen LogP) is 2.81. The number of nitrogens with zero attached hydrogens (tertiary/aromatic N) is 3. The summed E-state index contributed by atoms with van der Waals surface area (Å²) in [5.41, 5.74) is 1.24. The maximum atomic E-state index is 12.5. The molecule has 144 valence electrons. The second-order valence-electron chi connectivity index (χ2n) is 5.55. The average Bonchev–Trinajstić information content (AvgIpc) is 2.65. The second kappa shape index (κ2) is 9.84. The highest BCUT2D eigenvalue weighted by Gasteiger charge is 2.16. The van der Waals surface area contributed by atoms with Crippen LogP contribution >= 0.6 is 11.6 Å². The van der Waals surface area contributed by atoms with E-state index in [0.29, 0.717) is 17.3 Å². The van der Waals surface area contributed by atoms with E-state index < -0.39 is 5.91 Å². The fourth-order valence-corrected chi connectivity index (χ4v) is 2.51. The second-order valence-corrected chi connectivity index (χ2v) is 5.96. The van der Waals surface area contributed by atoms with Gasteiger partial charge in [0.1, 0.15) is 6.61 Å². The zero-order valence-electron chi connectivity index (χ0n) is 15.5. The van der Waals surface area contributed by atoms with Crippen molar-refractivity contribution in [3.05, 3.63) is 41.2 Å². The van der Waals surface area contributed by atoms with Gasteiger partial charge in [-0.2, -0.15) is 0 Å². The van der Waals surface area contributed by atoms with Crippen molar-refractivity contribution >= 4 is 40.7 Å². The van der Waals surface area contributed by atoms with Gasteiger partial charge in [0, 0.05) is 31.6 Å². The summed E-state index contributed by atoms with van der Waals surface area (Å²) in [6.07, 6.45) is 1.42. The number of anilines is 3. The maximum Gasteiger partial charge on any atom is 0.276 e. The molecule has 2 N–H and O–H groups in total. The highest BCUT2D eigenvalue weighted by Crippen LogP contribution is 2.19. The highest BCUT2D eigenvalue weighted by atomic mass is 35.5. The van der Waals surface area contributed by atoms with Crippen LogP contribution in [-0.4, -0.2) is 48.6 Å². The van der Waals surface area contributed by atoms with Gasteiger partial charge in [-0.15, -0.1) is 0 Å². The van der Waals surface area contributed by atoms with Gasteiger partial charge in [-0.05, 0) is 38.1 Å². The third kappa shape index (κ3) is 5.63. The SMILES string of the molecule is CCN(CC)c1ncc(Cl)c(C(=O)Nc2ccc(NC(=O)COC)cc2)n1. The van der Waals surface area contributed by atoms with Gasteiger partial charge >= 0.3 is 0 Å². The van der Waals surface area contributed by atoms with E-state index in [1.54, 1.807) is 24.3 Å². The number of halogens is 1. The summed E-state index contributed by atoms with van der Waals surface area (Å²) in [6, 6.07) is 6.68. The molecule has 1 aromatic carbocycles. The van der Waals surface area contributed by atoms with Crippen LogP contribution in [0.2, 0.25) is 5.02 Å². The van der Waals surface area contributed by atoms with Gasteiger partial charge in [0.05, 0.1) is 11.2 Å². The van der Waals surface area contributed by atoms with Gasteiger partial charge in [-0.3, -0.25) is 9.59 Å². The van der Waals surface area contributed by atoms with Crippen LogP contribution in [0, 0.1) is 0 Å². The van der Waals surface area contributed by atoms with E-state index in [1.165, 1.54) is 13.3 Å². The molecule has 0 bridgehead atoms. The van der Waals surface area contributed by atoms with E-state index in [2.05, 4.69) is 20.6 Å². The molecule has 0 fully saturated rings. The molecule has 1 aromatic heterocycles. The Morgan fingerprint density at radius 3 is 2.26 bits per heavy atom. The standard InChI is InChI=1S/C18H22ClN5O3/c1-4-24(5-2)18-20-10-14(19)16(23-18)17(26)22-13-8-6-12(7-9-13)21-15(25)11-27-3/h6-10H,4-5,11H2,1-3H3,(H,21,25)(H,22,26). The molecule has 0 saturated heterocycles. The number of hydrogen-bond donors (Lipinski definition) is 2. The summed E-state index contributed by atoms with van der Waals surface area (Å²) in [7, 11) is 1.45. The molecule has 0 aliphatic carbocycles. The Kier molecular flexibility index (Phi) is 7.51. The number of aromatic nitrogens is 2. The molecule has 0 unspecified atom stereocenters. The molecule has 27 heavy (non-hydrogen) atoms. The van der Waals surface area contributed by atoms with Crippen LogP contribution in [0.4, 0.5) is 17.3 Å². The number of hydrogen-bond acceptors (Lipinski definition) is 6. The number of carbonyl (C=O) groups excluding carboxylic acids is 2. The number of rotatable bonds is 8. The lowest BCUT2D eigenvalue weighted by Gasteiger charge is -2.19. The highest BCUT2D eigenvalue weighted by molar-refractivity contribution is 6.34. The zero-order valence-corrected chi connectivity index (χ0v) is 16.2. The van der Waals surface area contributed by atoms with E-state index in [4.69, 9.17) is 16.3 Å². The third-order valence-electron chi connectivity index (χ3n) is 3.69. The molecule has 2 amide bonds. The molecule has 2 rings (SSSR count). The lowest BCUT2D eigenvalue weighted by atomic mass is 10.2. The Morgan fingerprint density at radius 2 is 1.70 bits per heavy atom. The summed E-state index contributed by atoms with van der Waals surface area (Å²) in [5, 5.41) is 5.58. The van der Waals surface area contributed by atoms with Gasteiger partial charge in [-0.25, -0.2) is 9.97 Å². The van der Waals surface area contributed by atoms with Crippen molar-refractivity contribution in [3.8, 4) is 0 Å². The van der Waals surface area contributed by atoms with E-state index in [1.807, 2.05) is 18.7 Å². The number of amides is 2. The Morgan fingerprint density at radius 1 is 1.11 bits per heavy atom. The number of ether oxygens (including phenoxy) is 1. The van der Waals surface area contributed by atoms with Crippen LogP contribution in [0.15, 0.2) is 30.5 Å². The maximum absolute atomic E-state index is 12.5. The quantitative estimate of drug-likeness (QED) is 0.718. The van der Waals surface area contributed by atoms with Crippen LogP contribution in [0.5, 0.6) is 0 Å². The normalized spacial score (nSPS) is 10.4. The number of benzene rings is 1. The van der Waals surface area contributed by atoms with Crippen molar-refractivity contribution < 1.29 is 14.3 Å². The fraction of sp³-hybridized carbons (Fsp3) is 0.333. The molecular weight excluding hydrogens is 370 g/mol. The van der Waals surface area contributed by atoms with E-state index in [9.17, 15) is 9.59 Å². The molecule has 1 heterocycles. The minimum atomic E-state index is -0.438. The number of methoxy groups -OCH3 is 1. The Balaban J connectivity index is 2.10. The lowest BCUT2D eigenvalue weighted by Crippen LogP contribution is -2.25. The van der Waals surface area contributed by atoms with Gasteiger partial charge in [-0.1, -0.05) is 11.6 Å². The topological polar surface area (TPSA) is 96.5 Å². The van der Waals surface area contributed by atoms with Crippen LogP contribution in [0.25, 0.3) is 0 Å². The summed E-state index contributed by atoms with van der Waals surface area (Å²) in [4.78, 5) is 34.4. The molecule has 2 aromatic rings. The van der Waals surface area contributed by atoms with Crippen molar-refractivity contribution in [3.63, 3.8) is 0 Å². The Bertz CT molecular complexity index is 794. The molecule has 0 aliphatic heterocycles. The smallest absolute Gasteiger partial charge is 0.276 e. The Hall–Kier alpha value is -2.71. The number of nitrogens with one attached hydrogen (secondary N) is 2. The van der Waals surface area contributed by atoms with Crippen LogP contribution in [0.3, 0.4) is 0 Å². The summed E-state index contributed by atoms with van der Waals surface area (Å²) in [6.45, 7) is 5.37. The van der Waals surface area contributed by atoms with Gasteiger partial charge in [0.15, 0.2) is 5.69 Å². The summed E-state index contributed by atoms with van der Waals surface area (Å²) >= 11 is 6.10. The van der Waals surface area contributed by atoms with E-state index >= 15 is 0 Å². The molecule has 0 saturated carbocycles. The average molecular weight is 392 g/mol. The van der Waals surface area contributed by atoms with Gasteiger partial charge < -0.3 is 20.3 Å².